The number of aryl methyl sites for hydroxylation is 1. The Morgan fingerprint density at radius 1 is 1.69 bits per heavy atom. The summed E-state index contributed by atoms with van der Waals surface area (Å²) in [6.07, 6.45) is 1.40. The highest BCUT2D eigenvalue weighted by molar-refractivity contribution is 5.74. The van der Waals surface area contributed by atoms with Crippen LogP contribution in [-0.4, -0.2) is 17.7 Å². The van der Waals surface area contributed by atoms with Gasteiger partial charge < -0.3 is 9.26 Å². The van der Waals surface area contributed by atoms with Crippen molar-refractivity contribution in [3.05, 3.63) is 17.5 Å². The summed E-state index contributed by atoms with van der Waals surface area (Å²) in [5.41, 5.74) is 0.848. The molecule has 4 nitrogen and oxygen atoms in total. The second-order valence-electron chi connectivity index (χ2n) is 3.29. The molecule has 2 rings (SSSR count). The van der Waals surface area contributed by atoms with Crippen molar-refractivity contribution >= 4 is 5.97 Å². The van der Waals surface area contributed by atoms with Gasteiger partial charge in [0.15, 0.2) is 0 Å². The molecule has 0 amide bonds. The fourth-order valence-corrected chi connectivity index (χ4v) is 1.48. The average Bonchev–Trinajstić information content (AvgIpc) is 2.64. The molecule has 0 saturated carbocycles. The van der Waals surface area contributed by atoms with Gasteiger partial charge in [0.25, 0.3) is 0 Å². The molecule has 70 valence electrons. The Kier molecular flexibility index (Phi) is 2.04. The third-order valence-electron chi connectivity index (χ3n) is 2.17. The number of rotatable bonds is 2. The first kappa shape index (κ1) is 8.29. The van der Waals surface area contributed by atoms with E-state index < -0.39 is 0 Å². The third kappa shape index (κ3) is 1.71. The number of aromatic nitrogens is 1. The summed E-state index contributed by atoms with van der Waals surface area (Å²) in [5.74, 6) is 0.614. The van der Waals surface area contributed by atoms with Crippen LogP contribution in [0.4, 0.5) is 0 Å². The zero-order valence-electron chi connectivity index (χ0n) is 7.45. The summed E-state index contributed by atoms with van der Waals surface area (Å²) in [4.78, 5) is 11.1. The molecule has 0 aromatic carbocycles. The first-order chi connectivity index (χ1) is 6.25. The molecule has 1 saturated heterocycles. The van der Waals surface area contributed by atoms with Crippen molar-refractivity contribution in [1.82, 2.24) is 5.16 Å². The molecular weight excluding hydrogens is 170 g/mol. The Hall–Kier alpha value is -1.32. The highest BCUT2D eigenvalue weighted by atomic mass is 16.5. The molecule has 13 heavy (non-hydrogen) atoms. The lowest BCUT2D eigenvalue weighted by molar-refractivity contribution is -0.141. The van der Waals surface area contributed by atoms with Crippen LogP contribution in [0, 0.1) is 12.8 Å². The lowest BCUT2D eigenvalue weighted by atomic mass is 10.0. The van der Waals surface area contributed by atoms with Gasteiger partial charge in [-0.3, -0.25) is 4.79 Å². The Bertz CT molecular complexity index is 318. The van der Waals surface area contributed by atoms with E-state index in [9.17, 15) is 4.79 Å². The number of hydrogen-bond donors (Lipinski definition) is 0. The molecule has 0 radical (unpaired) electrons. The Balaban J connectivity index is 2.01. The van der Waals surface area contributed by atoms with E-state index in [1.54, 1.807) is 0 Å². The van der Waals surface area contributed by atoms with Crippen molar-refractivity contribution in [3.8, 4) is 0 Å². The molecule has 1 atom stereocenters. The van der Waals surface area contributed by atoms with Crippen LogP contribution in [0.5, 0.6) is 0 Å². The van der Waals surface area contributed by atoms with E-state index >= 15 is 0 Å². The molecule has 0 spiro atoms. The van der Waals surface area contributed by atoms with Crippen LogP contribution >= 0.6 is 0 Å². The fourth-order valence-electron chi connectivity index (χ4n) is 1.48. The number of hydrogen-bond acceptors (Lipinski definition) is 4. The van der Waals surface area contributed by atoms with Crippen LogP contribution in [0.1, 0.15) is 17.9 Å². The van der Waals surface area contributed by atoms with Gasteiger partial charge in [0, 0.05) is 12.5 Å². The predicted octanol–water partition coefficient (Wildman–Crippen LogP) is 1.09. The van der Waals surface area contributed by atoms with Gasteiger partial charge in [-0.25, -0.2) is 0 Å². The quantitative estimate of drug-likeness (QED) is 0.641. The van der Waals surface area contributed by atoms with Gasteiger partial charge >= 0.3 is 5.97 Å². The minimum atomic E-state index is -0.117. The molecule has 0 N–H and O–H groups in total. The Morgan fingerprint density at radius 3 is 3.08 bits per heavy atom. The van der Waals surface area contributed by atoms with Crippen LogP contribution in [0.3, 0.4) is 0 Å². The summed E-state index contributed by atoms with van der Waals surface area (Å²) in [7, 11) is 0. The zero-order valence-corrected chi connectivity index (χ0v) is 7.45. The number of cyclic esters (lactones) is 1. The van der Waals surface area contributed by atoms with Crippen LogP contribution in [0.15, 0.2) is 10.6 Å². The smallest absolute Gasteiger partial charge is 0.309 e. The standard InChI is InChI=1S/C9H11NO3/c1-6-4-8(13-10-6)5-7-2-3-12-9(7)11/h4,7H,2-3,5H2,1H3. The molecule has 0 aliphatic carbocycles. The average molecular weight is 181 g/mol. The highest BCUT2D eigenvalue weighted by Crippen LogP contribution is 2.19. The molecule has 1 aromatic rings. The topological polar surface area (TPSA) is 52.3 Å². The van der Waals surface area contributed by atoms with Crippen LogP contribution in [0.25, 0.3) is 0 Å². The summed E-state index contributed by atoms with van der Waals surface area (Å²) in [6, 6.07) is 1.85. The van der Waals surface area contributed by atoms with Crippen molar-refractivity contribution in [2.24, 2.45) is 5.92 Å². The summed E-state index contributed by atoms with van der Waals surface area (Å²) < 4.78 is 9.86. The van der Waals surface area contributed by atoms with E-state index in [1.807, 2.05) is 13.0 Å². The van der Waals surface area contributed by atoms with Crippen LogP contribution in [-0.2, 0) is 16.0 Å². The van der Waals surface area contributed by atoms with Gasteiger partial charge in [-0.05, 0) is 13.3 Å². The highest BCUT2D eigenvalue weighted by Gasteiger charge is 2.27. The lowest BCUT2D eigenvalue weighted by Crippen LogP contribution is -2.09. The minimum absolute atomic E-state index is 0.0349. The Labute approximate surface area is 75.9 Å². The lowest BCUT2D eigenvalue weighted by Gasteiger charge is -1.99. The molecular formula is C9H11NO3. The normalized spacial score (nSPS) is 21.9. The molecule has 1 unspecified atom stereocenters. The number of carbonyl (C=O) groups excluding carboxylic acids is 1. The molecule has 4 heteroatoms. The van der Waals surface area contributed by atoms with Crippen LogP contribution < -0.4 is 0 Å². The molecule has 1 fully saturated rings. The molecule has 2 heterocycles. The number of carbonyl (C=O) groups is 1. The van der Waals surface area contributed by atoms with Gasteiger partial charge in [0.1, 0.15) is 5.76 Å². The zero-order chi connectivity index (χ0) is 9.26. The van der Waals surface area contributed by atoms with E-state index in [-0.39, 0.29) is 11.9 Å². The largest absolute Gasteiger partial charge is 0.465 e. The first-order valence-corrected chi connectivity index (χ1v) is 4.34. The molecule has 1 aliphatic heterocycles. The summed E-state index contributed by atoms with van der Waals surface area (Å²) in [5, 5.41) is 3.76. The van der Waals surface area contributed by atoms with Gasteiger partial charge in [-0.15, -0.1) is 0 Å². The maximum absolute atomic E-state index is 11.1. The second kappa shape index (κ2) is 3.20. The van der Waals surface area contributed by atoms with Crippen molar-refractivity contribution in [2.75, 3.05) is 6.61 Å². The van der Waals surface area contributed by atoms with Crippen molar-refractivity contribution in [3.63, 3.8) is 0 Å². The summed E-state index contributed by atoms with van der Waals surface area (Å²) in [6.45, 7) is 2.40. The first-order valence-electron chi connectivity index (χ1n) is 4.34. The number of nitrogens with zero attached hydrogens (tertiary/aromatic N) is 1. The fraction of sp³-hybridized carbons (Fsp3) is 0.556. The third-order valence-corrected chi connectivity index (χ3v) is 2.17. The van der Waals surface area contributed by atoms with E-state index in [4.69, 9.17) is 9.26 Å². The van der Waals surface area contributed by atoms with Crippen molar-refractivity contribution in [1.29, 1.82) is 0 Å². The Morgan fingerprint density at radius 2 is 2.54 bits per heavy atom. The van der Waals surface area contributed by atoms with Gasteiger partial charge in [-0.2, -0.15) is 0 Å². The maximum atomic E-state index is 11.1. The monoisotopic (exact) mass is 181 g/mol. The van der Waals surface area contributed by atoms with Crippen LogP contribution in [0.2, 0.25) is 0 Å². The van der Waals surface area contributed by atoms with E-state index in [0.29, 0.717) is 13.0 Å². The number of ether oxygens (including phenoxy) is 1. The molecule has 1 aliphatic rings. The minimum Gasteiger partial charge on any atom is -0.465 e. The molecule has 1 aromatic heterocycles. The van der Waals surface area contributed by atoms with E-state index in [2.05, 4.69) is 5.16 Å². The maximum Gasteiger partial charge on any atom is 0.309 e. The number of esters is 1. The van der Waals surface area contributed by atoms with Gasteiger partial charge in [0.05, 0.1) is 18.2 Å². The van der Waals surface area contributed by atoms with E-state index in [1.165, 1.54) is 0 Å². The summed E-state index contributed by atoms with van der Waals surface area (Å²) >= 11 is 0. The second-order valence-corrected chi connectivity index (χ2v) is 3.29. The van der Waals surface area contributed by atoms with Crippen molar-refractivity contribution in [2.45, 2.75) is 19.8 Å². The SMILES string of the molecule is Cc1cc(CC2CCOC2=O)on1. The van der Waals surface area contributed by atoms with Gasteiger partial charge in [0.2, 0.25) is 0 Å². The van der Waals surface area contributed by atoms with Gasteiger partial charge in [-0.1, -0.05) is 5.16 Å². The van der Waals surface area contributed by atoms with Crippen molar-refractivity contribution < 1.29 is 14.1 Å². The predicted molar refractivity (Wildman–Crippen MR) is 44.0 cm³/mol. The molecule has 0 bridgehead atoms. The van der Waals surface area contributed by atoms with E-state index in [0.717, 1.165) is 17.9 Å².